The van der Waals surface area contributed by atoms with Gasteiger partial charge in [-0.1, -0.05) is 17.7 Å². The summed E-state index contributed by atoms with van der Waals surface area (Å²) in [4.78, 5) is 50.9. The molecule has 7 nitrogen and oxygen atoms in total. The van der Waals surface area contributed by atoms with Crippen LogP contribution in [0.2, 0.25) is 5.02 Å². The SMILES string of the molecule is C[C@@H](C(=O)OCC(=O)Nc1cccc(Cl)c1)N1C(=O)[C@@H]2[C@H]3CC[C@@H](C3)[C@@H]2C1=O. The lowest BCUT2D eigenvalue weighted by Gasteiger charge is -2.23. The first-order chi connectivity index (χ1) is 13.4. The monoisotopic (exact) mass is 404 g/mol. The van der Waals surface area contributed by atoms with Crippen molar-refractivity contribution in [3.63, 3.8) is 0 Å². The lowest BCUT2D eigenvalue weighted by Crippen LogP contribution is -2.45. The molecule has 1 aromatic carbocycles. The molecule has 8 heteroatoms. The van der Waals surface area contributed by atoms with E-state index in [4.69, 9.17) is 16.3 Å². The highest BCUT2D eigenvalue weighted by molar-refractivity contribution is 6.30. The van der Waals surface area contributed by atoms with Crippen LogP contribution in [0, 0.1) is 23.7 Å². The highest BCUT2D eigenvalue weighted by Crippen LogP contribution is 2.56. The van der Waals surface area contributed by atoms with Crippen molar-refractivity contribution in [2.45, 2.75) is 32.2 Å². The van der Waals surface area contributed by atoms with Crippen LogP contribution in [0.1, 0.15) is 26.2 Å². The number of imide groups is 1. The minimum absolute atomic E-state index is 0.253. The molecular formula is C20H21ClN2O5. The van der Waals surface area contributed by atoms with Gasteiger partial charge in [-0.2, -0.15) is 0 Å². The summed E-state index contributed by atoms with van der Waals surface area (Å²) in [6.45, 7) is 0.958. The molecule has 2 aliphatic carbocycles. The van der Waals surface area contributed by atoms with Gasteiger partial charge in [0, 0.05) is 10.7 Å². The van der Waals surface area contributed by atoms with Crippen molar-refractivity contribution in [1.82, 2.24) is 4.90 Å². The standard InChI is InChI=1S/C20H21ClN2O5/c1-10(20(27)28-9-15(24)22-14-4-2-3-13(21)8-14)23-18(25)16-11-5-6-12(7-11)17(16)19(23)26/h2-4,8,10-12,16-17H,5-7,9H2,1H3,(H,22,24)/t10-,11-,12-,16-,17+/m0/s1. The number of nitrogens with zero attached hydrogens (tertiary/aromatic N) is 1. The summed E-state index contributed by atoms with van der Waals surface area (Å²) in [5, 5.41) is 3.03. The van der Waals surface area contributed by atoms with E-state index in [1.54, 1.807) is 24.3 Å². The van der Waals surface area contributed by atoms with Crippen LogP contribution in [0.5, 0.6) is 0 Å². The first kappa shape index (κ1) is 18.9. The number of rotatable bonds is 5. The number of nitrogens with one attached hydrogen (secondary N) is 1. The molecule has 2 bridgehead atoms. The zero-order chi connectivity index (χ0) is 20.0. The van der Waals surface area contributed by atoms with Gasteiger partial charge in [0.05, 0.1) is 11.8 Å². The molecule has 1 heterocycles. The van der Waals surface area contributed by atoms with E-state index in [2.05, 4.69) is 5.32 Å². The summed E-state index contributed by atoms with van der Waals surface area (Å²) in [6, 6.07) is 5.54. The molecule has 3 fully saturated rings. The lowest BCUT2D eigenvalue weighted by molar-refractivity contribution is -0.159. The molecule has 2 saturated carbocycles. The second-order valence-electron chi connectivity index (χ2n) is 7.77. The van der Waals surface area contributed by atoms with Crippen molar-refractivity contribution in [1.29, 1.82) is 0 Å². The molecule has 0 unspecified atom stereocenters. The molecule has 1 aromatic rings. The Labute approximate surface area is 167 Å². The molecule has 4 rings (SSSR count). The molecule has 0 radical (unpaired) electrons. The van der Waals surface area contributed by atoms with E-state index in [1.807, 2.05) is 0 Å². The van der Waals surface area contributed by atoms with Gasteiger partial charge in [-0.05, 0) is 56.2 Å². The second kappa shape index (κ2) is 7.20. The van der Waals surface area contributed by atoms with Crippen LogP contribution < -0.4 is 5.32 Å². The van der Waals surface area contributed by atoms with Crippen molar-refractivity contribution in [3.8, 4) is 0 Å². The summed E-state index contributed by atoms with van der Waals surface area (Å²) in [5.74, 6) is -1.90. The molecule has 0 aromatic heterocycles. The number of fused-ring (bicyclic) bond motifs is 5. The number of carbonyl (C=O) groups excluding carboxylic acids is 4. The number of halogens is 1. The third kappa shape index (κ3) is 3.17. The van der Waals surface area contributed by atoms with Gasteiger partial charge >= 0.3 is 5.97 Å². The molecule has 1 saturated heterocycles. The van der Waals surface area contributed by atoms with Gasteiger partial charge in [-0.25, -0.2) is 4.79 Å². The topological polar surface area (TPSA) is 92.8 Å². The van der Waals surface area contributed by atoms with Crippen molar-refractivity contribution >= 4 is 41.0 Å². The third-order valence-electron chi connectivity index (χ3n) is 6.14. The van der Waals surface area contributed by atoms with E-state index in [0.29, 0.717) is 10.7 Å². The van der Waals surface area contributed by atoms with Gasteiger partial charge in [0.2, 0.25) is 11.8 Å². The third-order valence-corrected chi connectivity index (χ3v) is 6.38. The normalized spacial score (nSPS) is 29.0. The fourth-order valence-corrected chi connectivity index (χ4v) is 5.13. The van der Waals surface area contributed by atoms with Crippen molar-refractivity contribution in [2.24, 2.45) is 23.7 Å². The Morgan fingerprint density at radius 3 is 2.46 bits per heavy atom. The van der Waals surface area contributed by atoms with Crippen LogP contribution in [0.15, 0.2) is 24.3 Å². The van der Waals surface area contributed by atoms with Crippen LogP contribution in [0.4, 0.5) is 5.69 Å². The molecule has 1 N–H and O–H groups in total. The Kier molecular flexibility index (Phi) is 4.87. The average molecular weight is 405 g/mol. The number of amides is 3. The highest BCUT2D eigenvalue weighted by Gasteiger charge is 2.62. The van der Waals surface area contributed by atoms with Crippen LogP contribution in [0.3, 0.4) is 0 Å². The second-order valence-corrected chi connectivity index (χ2v) is 8.21. The lowest BCUT2D eigenvalue weighted by atomic mass is 9.81. The van der Waals surface area contributed by atoms with Crippen LogP contribution in [-0.4, -0.2) is 41.2 Å². The van der Waals surface area contributed by atoms with E-state index in [0.717, 1.165) is 24.2 Å². The molecule has 1 aliphatic heterocycles. The highest BCUT2D eigenvalue weighted by atomic mass is 35.5. The maximum absolute atomic E-state index is 12.7. The zero-order valence-electron chi connectivity index (χ0n) is 15.4. The molecule has 3 aliphatic rings. The molecule has 28 heavy (non-hydrogen) atoms. The molecule has 3 amide bonds. The number of hydrogen-bond acceptors (Lipinski definition) is 5. The van der Waals surface area contributed by atoms with Crippen molar-refractivity contribution in [3.05, 3.63) is 29.3 Å². The number of hydrogen-bond donors (Lipinski definition) is 1. The van der Waals surface area contributed by atoms with E-state index >= 15 is 0 Å². The fourth-order valence-electron chi connectivity index (χ4n) is 4.94. The Morgan fingerprint density at radius 1 is 1.21 bits per heavy atom. The fraction of sp³-hybridized carbons (Fsp3) is 0.500. The number of carbonyl (C=O) groups is 4. The minimum atomic E-state index is -1.04. The Morgan fingerprint density at radius 2 is 1.86 bits per heavy atom. The van der Waals surface area contributed by atoms with Gasteiger partial charge in [0.25, 0.3) is 5.91 Å². The summed E-state index contributed by atoms with van der Waals surface area (Å²) in [6.07, 6.45) is 2.88. The quantitative estimate of drug-likeness (QED) is 0.600. The maximum atomic E-state index is 12.7. The Bertz CT molecular complexity index is 829. The first-order valence-corrected chi connectivity index (χ1v) is 9.83. The average Bonchev–Trinajstić information content (AvgIpc) is 3.33. The number of esters is 1. The van der Waals surface area contributed by atoms with Gasteiger partial charge in [0.1, 0.15) is 6.04 Å². The largest absolute Gasteiger partial charge is 0.454 e. The Hall–Kier alpha value is -2.41. The summed E-state index contributed by atoms with van der Waals surface area (Å²) < 4.78 is 5.04. The van der Waals surface area contributed by atoms with E-state index in [1.165, 1.54) is 6.92 Å². The van der Waals surface area contributed by atoms with E-state index in [9.17, 15) is 19.2 Å². The van der Waals surface area contributed by atoms with Gasteiger partial charge in [-0.15, -0.1) is 0 Å². The smallest absolute Gasteiger partial charge is 0.329 e. The van der Waals surface area contributed by atoms with Gasteiger partial charge in [-0.3, -0.25) is 19.3 Å². The van der Waals surface area contributed by atoms with Gasteiger partial charge in [0.15, 0.2) is 6.61 Å². The molecule has 0 spiro atoms. The number of benzene rings is 1. The summed E-state index contributed by atoms with van der Waals surface area (Å²) in [5.41, 5.74) is 0.481. The van der Waals surface area contributed by atoms with Crippen LogP contribution in [-0.2, 0) is 23.9 Å². The molecule has 5 atom stereocenters. The summed E-state index contributed by atoms with van der Waals surface area (Å²) >= 11 is 5.86. The van der Waals surface area contributed by atoms with E-state index in [-0.39, 0.29) is 35.5 Å². The van der Waals surface area contributed by atoms with Crippen LogP contribution >= 0.6 is 11.6 Å². The number of likely N-dealkylation sites (tertiary alicyclic amines) is 1. The van der Waals surface area contributed by atoms with Crippen molar-refractivity contribution in [2.75, 3.05) is 11.9 Å². The van der Waals surface area contributed by atoms with E-state index < -0.39 is 24.5 Å². The predicted octanol–water partition coefficient (Wildman–Crippen LogP) is 2.24. The Balaban J connectivity index is 1.34. The molecule has 148 valence electrons. The summed E-state index contributed by atoms with van der Waals surface area (Å²) in [7, 11) is 0. The molecular weight excluding hydrogens is 384 g/mol. The maximum Gasteiger partial charge on any atom is 0.329 e. The van der Waals surface area contributed by atoms with Crippen LogP contribution in [0.25, 0.3) is 0 Å². The number of ether oxygens (including phenoxy) is 1. The zero-order valence-corrected chi connectivity index (χ0v) is 16.1. The first-order valence-electron chi connectivity index (χ1n) is 9.45. The predicted molar refractivity (Wildman–Crippen MR) is 100 cm³/mol. The minimum Gasteiger partial charge on any atom is -0.454 e. The number of anilines is 1. The van der Waals surface area contributed by atoms with Gasteiger partial charge < -0.3 is 10.1 Å². The van der Waals surface area contributed by atoms with Crippen molar-refractivity contribution < 1.29 is 23.9 Å².